The average Bonchev–Trinajstić information content (AvgIpc) is 2.75. The van der Waals surface area contributed by atoms with Crippen LogP contribution in [0.2, 0.25) is 0 Å². The number of fused-ring (bicyclic) bond motifs is 3. The topological polar surface area (TPSA) is 46.0 Å². The summed E-state index contributed by atoms with van der Waals surface area (Å²) in [6.07, 6.45) is 2.51. The van der Waals surface area contributed by atoms with E-state index in [0.717, 1.165) is 28.3 Å². The molecule has 0 aromatic heterocycles. The second-order valence-electron chi connectivity index (χ2n) is 3.28. The van der Waals surface area contributed by atoms with Crippen LogP contribution in [-0.2, 0) is 0 Å². The molecule has 0 atom stereocenters. The Balaban J connectivity index is 2.43. The summed E-state index contributed by atoms with van der Waals surface area (Å²) in [5.41, 5.74) is 2.71. The summed E-state index contributed by atoms with van der Waals surface area (Å²) < 4.78 is 4.98. The first-order chi connectivity index (χ1) is 6.88. The third-order valence-corrected chi connectivity index (χ3v) is 2.43. The van der Waals surface area contributed by atoms with Crippen LogP contribution < -0.4 is 0 Å². The number of aldehydes is 1. The Morgan fingerprint density at radius 2 is 2.21 bits per heavy atom. The van der Waals surface area contributed by atoms with Crippen LogP contribution >= 0.6 is 0 Å². The Bertz CT molecular complexity index is 576. The number of aromatic amines is 1. The van der Waals surface area contributed by atoms with Crippen molar-refractivity contribution in [2.24, 2.45) is 0 Å². The van der Waals surface area contributed by atoms with E-state index >= 15 is 0 Å². The zero-order valence-corrected chi connectivity index (χ0v) is 7.28. The van der Waals surface area contributed by atoms with Crippen molar-refractivity contribution in [3.05, 3.63) is 36.1 Å². The van der Waals surface area contributed by atoms with Gasteiger partial charge < -0.3 is 4.52 Å². The van der Waals surface area contributed by atoms with Crippen molar-refractivity contribution in [3.63, 3.8) is 0 Å². The quantitative estimate of drug-likeness (QED) is 0.592. The summed E-state index contributed by atoms with van der Waals surface area (Å²) in [7, 11) is 0. The van der Waals surface area contributed by atoms with E-state index in [1.165, 1.54) is 0 Å². The molecule has 1 aromatic rings. The highest BCUT2D eigenvalue weighted by Crippen LogP contribution is 2.32. The van der Waals surface area contributed by atoms with Gasteiger partial charge in [-0.3, -0.25) is 4.79 Å². The number of benzene rings is 1. The van der Waals surface area contributed by atoms with E-state index in [9.17, 15) is 4.79 Å². The fourth-order valence-corrected chi connectivity index (χ4v) is 1.76. The molecule has 3 rings (SSSR count). The molecule has 0 saturated carbocycles. The van der Waals surface area contributed by atoms with Crippen molar-refractivity contribution in [2.45, 2.75) is 0 Å². The lowest BCUT2D eigenvalue weighted by molar-refractivity contribution is 0.112. The highest BCUT2D eigenvalue weighted by atomic mass is 16.5. The van der Waals surface area contributed by atoms with Crippen LogP contribution in [0.3, 0.4) is 0 Å². The van der Waals surface area contributed by atoms with Gasteiger partial charge in [-0.15, -0.1) is 0 Å². The van der Waals surface area contributed by atoms with Gasteiger partial charge in [0.1, 0.15) is 12.5 Å². The predicted octanol–water partition coefficient (Wildman–Crippen LogP) is 2.68. The van der Waals surface area contributed by atoms with E-state index in [1.54, 1.807) is 12.3 Å². The Hall–Kier alpha value is -2.03. The molecule has 1 aliphatic heterocycles. The summed E-state index contributed by atoms with van der Waals surface area (Å²) in [6.45, 7) is 0. The zero-order valence-electron chi connectivity index (χ0n) is 7.28. The number of carbonyl (C=O) groups excluding carboxylic acids is 1. The first-order valence-electron chi connectivity index (χ1n) is 4.32. The maximum absolute atomic E-state index is 10.6. The molecule has 14 heavy (non-hydrogen) atoms. The van der Waals surface area contributed by atoms with Crippen LogP contribution in [0.15, 0.2) is 35.1 Å². The standard InChI is InChI=1S/C11H7NO2/c13-5-7-1-2-10-8(3-7)4-9-6-14-12-11(9)10/h1-6,12H. The number of hydrogen-bond acceptors (Lipinski definition) is 2. The fourth-order valence-electron chi connectivity index (χ4n) is 1.76. The van der Waals surface area contributed by atoms with Crippen LogP contribution in [-0.4, -0.2) is 11.4 Å². The highest BCUT2D eigenvalue weighted by Gasteiger charge is 2.11. The predicted molar refractivity (Wildman–Crippen MR) is 52.6 cm³/mol. The van der Waals surface area contributed by atoms with Crippen LogP contribution in [0, 0.1) is 0 Å². The Morgan fingerprint density at radius 1 is 1.29 bits per heavy atom. The lowest BCUT2D eigenvalue weighted by atomic mass is 10.1. The Morgan fingerprint density at radius 3 is 3.07 bits per heavy atom. The van der Waals surface area contributed by atoms with E-state index < -0.39 is 0 Å². The molecule has 68 valence electrons. The summed E-state index contributed by atoms with van der Waals surface area (Å²) in [5.74, 6) is 0. The monoisotopic (exact) mass is 185 g/mol. The minimum absolute atomic E-state index is 0.696. The molecule has 1 N–H and O–H groups in total. The summed E-state index contributed by atoms with van der Waals surface area (Å²) >= 11 is 0. The van der Waals surface area contributed by atoms with E-state index in [1.807, 2.05) is 18.2 Å². The summed E-state index contributed by atoms with van der Waals surface area (Å²) in [4.78, 5) is 10.6. The Kier molecular flexibility index (Phi) is 1.31. The van der Waals surface area contributed by atoms with Gasteiger partial charge >= 0.3 is 0 Å². The number of carbonyl (C=O) groups is 1. The van der Waals surface area contributed by atoms with Crippen molar-refractivity contribution in [1.29, 1.82) is 0 Å². The number of H-pyrrole nitrogens is 1. The maximum atomic E-state index is 10.6. The van der Waals surface area contributed by atoms with Gasteiger partial charge in [-0.25, -0.2) is 5.16 Å². The third kappa shape index (κ3) is 0.836. The molecular formula is C11H7NO2. The molecule has 3 nitrogen and oxygen atoms in total. The zero-order chi connectivity index (χ0) is 9.54. The molecule has 0 amide bonds. The number of nitrogens with one attached hydrogen (secondary N) is 1. The molecule has 0 unspecified atom stereocenters. The van der Waals surface area contributed by atoms with Crippen molar-refractivity contribution >= 4 is 17.1 Å². The molecule has 0 spiro atoms. The van der Waals surface area contributed by atoms with Crippen molar-refractivity contribution in [2.75, 3.05) is 0 Å². The fraction of sp³-hybridized carbons (Fsp3) is 0. The van der Waals surface area contributed by atoms with Gasteiger partial charge in [-0.2, -0.15) is 0 Å². The third-order valence-electron chi connectivity index (χ3n) is 2.43. The van der Waals surface area contributed by atoms with E-state index in [0.29, 0.717) is 5.56 Å². The van der Waals surface area contributed by atoms with Gasteiger partial charge in [-0.05, 0) is 17.5 Å². The summed E-state index contributed by atoms with van der Waals surface area (Å²) in [6, 6.07) is 7.59. The van der Waals surface area contributed by atoms with Gasteiger partial charge in [0.25, 0.3) is 0 Å². The molecule has 0 radical (unpaired) electrons. The molecule has 0 bridgehead atoms. The van der Waals surface area contributed by atoms with Gasteiger partial charge in [0.15, 0.2) is 0 Å². The van der Waals surface area contributed by atoms with Gasteiger partial charge in [0, 0.05) is 16.5 Å². The smallest absolute Gasteiger partial charge is 0.150 e. The SMILES string of the molecule is O=Cc1ccc2c3[nH]occ-3cc2c1. The van der Waals surface area contributed by atoms with Crippen molar-refractivity contribution in [1.82, 2.24) is 5.16 Å². The normalized spacial score (nSPS) is 11.1. The van der Waals surface area contributed by atoms with Gasteiger partial charge in [-0.1, -0.05) is 12.1 Å². The molecule has 1 aromatic carbocycles. The van der Waals surface area contributed by atoms with Gasteiger partial charge in [0.2, 0.25) is 0 Å². The van der Waals surface area contributed by atoms with E-state index in [2.05, 4.69) is 5.16 Å². The van der Waals surface area contributed by atoms with Crippen LogP contribution in [0.4, 0.5) is 0 Å². The van der Waals surface area contributed by atoms with Crippen LogP contribution in [0.5, 0.6) is 0 Å². The highest BCUT2D eigenvalue weighted by molar-refractivity contribution is 6.02. The summed E-state index contributed by atoms with van der Waals surface area (Å²) in [5, 5.41) is 4.96. The second-order valence-corrected chi connectivity index (χ2v) is 3.28. The minimum Gasteiger partial charge on any atom is -0.389 e. The van der Waals surface area contributed by atoms with E-state index in [-0.39, 0.29) is 0 Å². The number of rotatable bonds is 1. The Labute approximate surface area is 79.6 Å². The van der Waals surface area contributed by atoms with Crippen molar-refractivity contribution in [3.8, 4) is 11.3 Å². The number of hydrogen-bond donors (Lipinski definition) is 1. The van der Waals surface area contributed by atoms with Crippen LogP contribution in [0.1, 0.15) is 10.4 Å². The van der Waals surface area contributed by atoms with Gasteiger partial charge in [0.05, 0.1) is 5.69 Å². The lowest BCUT2D eigenvalue weighted by Gasteiger charge is -1.92. The minimum atomic E-state index is 0.696. The van der Waals surface area contributed by atoms with E-state index in [4.69, 9.17) is 4.52 Å². The molecule has 3 heteroatoms. The second kappa shape index (κ2) is 2.48. The molecule has 0 saturated heterocycles. The lowest BCUT2D eigenvalue weighted by Crippen LogP contribution is -1.77. The molecule has 0 fully saturated rings. The molecule has 1 heterocycles. The molecular weight excluding hydrogens is 178 g/mol. The number of aromatic nitrogens is 1. The molecule has 2 aliphatic rings. The first kappa shape index (κ1) is 7.38. The van der Waals surface area contributed by atoms with Crippen molar-refractivity contribution < 1.29 is 9.32 Å². The first-order valence-corrected chi connectivity index (χ1v) is 4.32. The maximum Gasteiger partial charge on any atom is 0.150 e. The molecule has 1 aliphatic carbocycles. The largest absolute Gasteiger partial charge is 0.389 e. The van der Waals surface area contributed by atoms with Crippen LogP contribution in [0.25, 0.3) is 22.0 Å². The average molecular weight is 185 g/mol.